The van der Waals surface area contributed by atoms with E-state index < -0.39 is 5.82 Å². The minimum Gasteiger partial charge on any atom is -0.354 e. The Kier molecular flexibility index (Phi) is 9.37. The number of hydrogen-bond donors (Lipinski definition) is 3. The summed E-state index contributed by atoms with van der Waals surface area (Å²) in [4.78, 5) is 49.1. The molecule has 240 valence electrons. The molecule has 3 amide bonds. The molecule has 1 saturated heterocycles. The average molecular weight is 634 g/mol. The van der Waals surface area contributed by atoms with Crippen molar-refractivity contribution in [1.29, 1.82) is 0 Å². The summed E-state index contributed by atoms with van der Waals surface area (Å²) in [5.74, 6) is -1.06. The number of rotatable bonds is 9. The zero-order chi connectivity index (χ0) is 32.9. The lowest BCUT2D eigenvalue weighted by molar-refractivity contribution is -0.119. The first-order valence-corrected chi connectivity index (χ1v) is 15.4. The lowest BCUT2D eigenvalue weighted by Crippen LogP contribution is -2.48. The van der Waals surface area contributed by atoms with Gasteiger partial charge in [0.05, 0.1) is 29.1 Å². The minimum atomic E-state index is -0.451. The molecule has 6 rings (SSSR count). The van der Waals surface area contributed by atoms with Crippen LogP contribution >= 0.6 is 0 Å². The second-order valence-corrected chi connectivity index (χ2v) is 11.7. The third-order valence-electron chi connectivity index (χ3n) is 8.42. The fraction of sp³-hybridized carbons (Fsp3) is 0.222. The molecular weight excluding hydrogens is 597 g/mol. The van der Waals surface area contributed by atoms with Crippen LogP contribution in [-0.2, 0) is 16.1 Å². The summed E-state index contributed by atoms with van der Waals surface area (Å²) in [7, 11) is 3.85. The Hall–Kier alpha value is -5.39. The summed E-state index contributed by atoms with van der Waals surface area (Å²) in [6, 6.07) is 22.5. The van der Waals surface area contributed by atoms with Crippen LogP contribution in [0, 0.1) is 5.82 Å². The Labute approximate surface area is 272 Å². The van der Waals surface area contributed by atoms with E-state index in [0.29, 0.717) is 45.9 Å². The summed E-state index contributed by atoms with van der Waals surface area (Å²) < 4.78 is 14.1. The molecule has 0 spiro atoms. The van der Waals surface area contributed by atoms with Gasteiger partial charge in [-0.2, -0.15) is 0 Å². The van der Waals surface area contributed by atoms with Gasteiger partial charge in [0.1, 0.15) is 5.82 Å². The van der Waals surface area contributed by atoms with Crippen LogP contribution < -0.4 is 20.9 Å². The van der Waals surface area contributed by atoms with Crippen LogP contribution in [0.2, 0.25) is 0 Å². The quantitative estimate of drug-likeness (QED) is 0.236. The number of carbonyl (C=O) groups is 3. The molecule has 10 nitrogen and oxygen atoms in total. The summed E-state index contributed by atoms with van der Waals surface area (Å²) in [5, 5.41) is 9.11. The number of amides is 3. The number of halogens is 1. The van der Waals surface area contributed by atoms with E-state index in [0.717, 1.165) is 37.4 Å². The number of likely N-dealkylation sites (N-methyl/N-ethyl adjacent to an activating group) is 2. The third-order valence-corrected chi connectivity index (χ3v) is 8.42. The molecule has 0 unspecified atom stereocenters. The number of fused-ring (bicyclic) bond motifs is 1. The molecule has 1 fully saturated rings. The van der Waals surface area contributed by atoms with E-state index in [9.17, 15) is 18.8 Å². The predicted molar refractivity (Wildman–Crippen MR) is 181 cm³/mol. The zero-order valence-corrected chi connectivity index (χ0v) is 26.3. The lowest BCUT2D eigenvalue weighted by atomic mass is 9.98. The minimum absolute atomic E-state index is 0.0111. The number of piperazine rings is 1. The van der Waals surface area contributed by atoms with Gasteiger partial charge in [-0.15, -0.1) is 0 Å². The van der Waals surface area contributed by atoms with Gasteiger partial charge < -0.3 is 25.8 Å². The van der Waals surface area contributed by atoms with Crippen LogP contribution in [0.5, 0.6) is 0 Å². The van der Waals surface area contributed by atoms with E-state index >= 15 is 0 Å². The zero-order valence-electron chi connectivity index (χ0n) is 26.3. The maximum Gasteiger partial charge on any atom is 0.258 e. The van der Waals surface area contributed by atoms with Crippen LogP contribution in [0.15, 0.2) is 91.3 Å². The van der Waals surface area contributed by atoms with Crippen molar-refractivity contribution in [1.82, 2.24) is 20.1 Å². The molecule has 2 aliphatic rings. The molecule has 0 aliphatic carbocycles. The highest BCUT2D eigenvalue weighted by atomic mass is 19.1. The van der Waals surface area contributed by atoms with Gasteiger partial charge in [0.2, 0.25) is 5.91 Å². The molecule has 3 aromatic carbocycles. The van der Waals surface area contributed by atoms with Crippen molar-refractivity contribution in [2.45, 2.75) is 6.54 Å². The molecule has 47 heavy (non-hydrogen) atoms. The standard InChI is InChI=1S/C36H36FN7O3/c1-42-15-17-44(18-16-42)23-32(45)43(2)29-11-9-28(10-12-29)40-34(33-30-13-8-27(37)20-31(30)41-36(33)47)25-6-3-5-24(19-25)21-39-35(46)26-7-4-14-38-22-26/h3-14,19-20,22,40H,15-18,21,23H2,1-2H3,(H,39,46)(H,41,47). The van der Waals surface area contributed by atoms with Crippen molar-refractivity contribution in [2.24, 2.45) is 0 Å². The second kappa shape index (κ2) is 13.9. The van der Waals surface area contributed by atoms with Crippen molar-refractivity contribution < 1.29 is 18.8 Å². The van der Waals surface area contributed by atoms with Gasteiger partial charge in [-0.05, 0) is 78.8 Å². The number of benzene rings is 3. The third kappa shape index (κ3) is 7.37. The first-order valence-electron chi connectivity index (χ1n) is 15.4. The molecule has 0 saturated carbocycles. The van der Waals surface area contributed by atoms with Crippen molar-refractivity contribution in [3.63, 3.8) is 0 Å². The molecule has 0 radical (unpaired) electrons. The van der Waals surface area contributed by atoms with Crippen LogP contribution in [0.3, 0.4) is 0 Å². The van der Waals surface area contributed by atoms with Gasteiger partial charge in [0, 0.05) is 69.1 Å². The van der Waals surface area contributed by atoms with Crippen LogP contribution in [0.4, 0.5) is 21.5 Å². The Balaban J connectivity index is 1.25. The molecular formula is C36H36FN7O3. The Morgan fingerprint density at radius 3 is 2.47 bits per heavy atom. The van der Waals surface area contributed by atoms with E-state index in [2.05, 4.69) is 37.8 Å². The highest BCUT2D eigenvalue weighted by Gasteiger charge is 2.29. The summed E-state index contributed by atoms with van der Waals surface area (Å²) in [6.45, 7) is 4.21. The molecule has 4 aromatic rings. The molecule has 3 heterocycles. The van der Waals surface area contributed by atoms with Gasteiger partial charge in [-0.1, -0.05) is 18.2 Å². The Bertz CT molecular complexity index is 1820. The topological polar surface area (TPSA) is 110 Å². The highest BCUT2D eigenvalue weighted by molar-refractivity contribution is 6.37. The van der Waals surface area contributed by atoms with Gasteiger partial charge in [0.25, 0.3) is 11.8 Å². The first kappa shape index (κ1) is 31.6. The second-order valence-electron chi connectivity index (χ2n) is 11.7. The Morgan fingerprint density at radius 1 is 0.957 bits per heavy atom. The molecule has 1 aromatic heterocycles. The van der Waals surface area contributed by atoms with Crippen LogP contribution in [0.25, 0.3) is 11.3 Å². The monoisotopic (exact) mass is 633 g/mol. The average Bonchev–Trinajstić information content (AvgIpc) is 3.41. The molecule has 0 atom stereocenters. The SMILES string of the molecule is CN1CCN(CC(=O)N(C)c2ccc(NC(=C3C(=O)Nc4cc(F)ccc43)c3cccc(CNC(=O)c4cccnc4)c3)cc2)CC1. The number of hydrogen-bond acceptors (Lipinski definition) is 7. The normalized spacial score (nSPS) is 15.9. The lowest BCUT2D eigenvalue weighted by Gasteiger charge is -2.32. The summed E-state index contributed by atoms with van der Waals surface area (Å²) in [6.07, 6.45) is 3.11. The highest BCUT2D eigenvalue weighted by Crippen LogP contribution is 2.38. The van der Waals surface area contributed by atoms with E-state index in [1.807, 2.05) is 48.5 Å². The fourth-order valence-electron chi connectivity index (χ4n) is 5.65. The fourth-order valence-corrected chi connectivity index (χ4v) is 5.65. The number of pyridine rings is 1. The maximum absolute atomic E-state index is 14.1. The number of aromatic nitrogens is 1. The Morgan fingerprint density at radius 2 is 1.72 bits per heavy atom. The van der Waals surface area contributed by atoms with Crippen molar-refractivity contribution >= 4 is 46.1 Å². The number of nitrogens with one attached hydrogen (secondary N) is 3. The van der Waals surface area contributed by atoms with Crippen LogP contribution in [0.1, 0.15) is 27.0 Å². The number of anilines is 3. The molecule has 0 bridgehead atoms. The molecule has 2 aliphatic heterocycles. The van der Waals surface area contributed by atoms with Gasteiger partial charge in [-0.25, -0.2) is 4.39 Å². The van der Waals surface area contributed by atoms with Crippen molar-refractivity contribution in [3.8, 4) is 0 Å². The number of carbonyl (C=O) groups excluding carboxylic acids is 3. The smallest absolute Gasteiger partial charge is 0.258 e. The first-order chi connectivity index (χ1) is 22.7. The van der Waals surface area contributed by atoms with Crippen molar-refractivity contribution in [3.05, 3.63) is 119 Å². The maximum atomic E-state index is 14.1. The van der Waals surface area contributed by atoms with Gasteiger partial charge in [0.15, 0.2) is 0 Å². The van der Waals surface area contributed by atoms with E-state index in [1.165, 1.54) is 18.3 Å². The summed E-state index contributed by atoms with van der Waals surface area (Å²) in [5.41, 5.74) is 5.23. The van der Waals surface area contributed by atoms with Gasteiger partial charge >= 0.3 is 0 Å². The largest absolute Gasteiger partial charge is 0.354 e. The van der Waals surface area contributed by atoms with Crippen molar-refractivity contribution in [2.75, 3.05) is 62.4 Å². The van der Waals surface area contributed by atoms with E-state index in [4.69, 9.17) is 0 Å². The van der Waals surface area contributed by atoms with E-state index in [1.54, 1.807) is 36.3 Å². The van der Waals surface area contributed by atoms with E-state index in [-0.39, 0.29) is 24.3 Å². The molecule has 11 heteroatoms. The van der Waals surface area contributed by atoms with Crippen LogP contribution in [-0.4, -0.2) is 79.3 Å². The number of nitrogens with zero attached hydrogens (tertiary/aromatic N) is 4. The summed E-state index contributed by atoms with van der Waals surface area (Å²) >= 11 is 0. The molecule has 3 N–H and O–H groups in total. The van der Waals surface area contributed by atoms with Gasteiger partial charge in [-0.3, -0.25) is 24.3 Å². The predicted octanol–water partition coefficient (Wildman–Crippen LogP) is 4.29.